The summed E-state index contributed by atoms with van der Waals surface area (Å²) in [5, 5.41) is 14.2. The van der Waals surface area contributed by atoms with Gasteiger partial charge in [-0.15, -0.1) is 0 Å². The van der Waals surface area contributed by atoms with Crippen molar-refractivity contribution in [2.75, 3.05) is 46.3 Å². The Morgan fingerprint density at radius 2 is 1.30 bits per heavy atom. The predicted molar refractivity (Wildman–Crippen MR) is 152 cm³/mol. The number of carbonyl (C=O) groups excluding carboxylic acids is 1. The maximum absolute atomic E-state index is 13.2. The van der Waals surface area contributed by atoms with E-state index in [9.17, 15) is 35.5 Å². The first kappa shape index (κ1) is 36.7. The van der Waals surface area contributed by atoms with Crippen LogP contribution < -0.4 is 0 Å². The van der Waals surface area contributed by atoms with Gasteiger partial charge in [0.05, 0.1) is 0 Å². The van der Waals surface area contributed by atoms with Gasteiger partial charge in [0.15, 0.2) is 0 Å². The van der Waals surface area contributed by atoms with Gasteiger partial charge in [-0.05, 0) is 79.6 Å². The van der Waals surface area contributed by atoms with Gasteiger partial charge >= 0.3 is 24.3 Å². The van der Waals surface area contributed by atoms with Crippen LogP contribution in [0.1, 0.15) is 48.3 Å². The fourth-order valence-electron chi connectivity index (χ4n) is 6.07. The van der Waals surface area contributed by atoms with Gasteiger partial charge < -0.3 is 20.0 Å². The molecule has 1 amide bonds. The first-order valence-electron chi connectivity index (χ1n) is 14.5. The molecule has 2 heterocycles. The molecule has 1 spiro atoms. The lowest BCUT2D eigenvalue weighted by Crippen LogP contribution is -2.47. The molecule has 2 aliphatic heterocycles. The van der Waals surface area contributed by atoms with Crippen molar-refractivity contribution in [2.45, 2.75) is 55.9 Å². The number of alkyl halides is 6. The summed E-state index contributed by atoms with van der Waals surface area (Å²) >= 11 is 0. The molecule has 0 radical (unpaired) electrons. The van der Waals surface area contributed by atoms with Crippen molar-refractivity contribution in [3.63, 3.8) is 0 Å². The van der Waals surface area contributed by atoms with E-state index in [-0.39, 0.29) is 11.2 Å². The standard InChI is InChI=1S/C27H34FN3O.2C2HF3O2/c1-29-14-16-31(17-15-29)26(32)18-22-19-27(25-5-3-2-4-24(22)25)10-12-30(13-11-27)20-21-6-8-23(28)9-7-21;2*3-2(4,5)1(6)7/h2-9,22H,10-20H2,1H3;2*(H,6,7). The zero-order chi connectivity index (χ0) is 34.3. The Morgan fingerprint density at radius 1 is 0.804 bits per heavy atom. The second-order valence-corrected chi connectivity index (χ2v) is 11.7. The quantitative estimate of drug-likeness (QED) is 0.430. The van der Waals surface area contributed by atoms with E-state index in [0.29, 0.717) is 18.2 Å². The van der Waals surface area contributed by atoms with E-state index >= 15 is 0 Å². The zero-order valence-corrected chi connectivity index (χ0v) is 25.1. The lowest BCUT2D eigenvalue weighted by molar-refractivity contribution is -0.193. The molecule has 8 nitrogen and oxygen atoms in total. The number of nitrogens with zero attached hydrogens (tertiary/aromatic N) is 3. The van der Waals surface area contributed by atoms with Gasteiger partial charge in [-0.1, -0.05) is 36.4 Å². The van der Waals surface area contributed by atoms with Crippen LogP contribution in [0, 0.1) is 5.82 Å². The minimum atomic E-state index is -5.08. The summed E-state index contributed by atoms with van der Waals surface area (Å²) in [7, 11) is 2.13. The second kappa shape index (κ2) is 15.2. The van der Waals surface area contributed by atoms with Crippen LogP contribution in [0.15, 0.2) is 48.5 Å². The molecule has 0 aromatic heterocycles. The minimum Gasteiger partial charge on any atom is -0.475 e. The topological polar surface area (TPSA) is 101 Å². The third kappa shape index (κ3) is 10.1. The number of halogens is 7. The van der Waals surface area contributed by atoms with Crippen molar-refractivity contribution in [2.24, 2.45) is 0 Å². The summed E-state index contributed by atoms with van der Waals surface area (Å²) in [6.07, 6.45) is -6.17. The Labute approximate surface area is 261 Å². The highest BCUT2D eigenvalue weighted by Crippen LogP contribution is 2.52. The molecule has 0 bridgehead atoms. The van der Waals surface area contributed by atoms with Crippen LogP contribution >= 0.6 is 0 Å². The van der Waals surface area contributed by atoms with Crippen LogP contribution in [0.3, 0.4) is 0 Å². The van der Waals surface area contributed by atoms with Crippen molar-refractivity contribution in [3.8, 4) is 0 Å². The van der Waals surface area contributed by atoms with Crippen molar-refractivity contribution >= 4 is 17.8 Å². The SMILES string of the molecule is CN1CCN(C(=O)CC2CC3(CCN(Cc4ccc(F)cc4)CC3)c3ccccc32)CC1.O=C(O)C(F)(F)F.O=C(O)C(F)(F)F. The number of hydrogen-bond acceptors (Lipinski definition) is 5. The molecule has 1 atom stereocenters. The van der Waals surface area contributed by atoms with Crippen molar-refractivity contribution in [1.29, 1.82) is 0 Å². The van der Waals surface area contributed by atoms with Gasteiger partial charge in [0.1, 0.15) is 5.82 Å². The van der Waals surface area contributed by atoms with Gasteiger partial charge in [-0.3, -0.25) is 9.69 Å². The zero-order valence-electron chi connectivity index (χ0n) is 25.1. The summed E-state index contributed by atoms with van der Waals surface area (Å²) in [5.41, 5.74) is 4.26. The van der Waals surface area contributed by atoms with E-state index in [1.807, 2.05) is 12.1 Å². The number of benzene rings is 2. The molecule has 15 heteroatoms. The predicted octanol–water partition coefficient (Wildman–Crippen LogP) is 5.28. The molecule has 2 N–H and O–H groups in total. The molecule has 254 valence electrons. The highest BCUT2D eigenvalue weighted by atomic mass is 19.4. The number of rotatable bonds is 4. The van der Waals surface area contributed by atoms with E-state index in [4.69, 9.17) is 19.8 Å². The molecule has 1 unspecified atom stereocenters. The van der Waals surface area contributed by atoms with Crippen LogP contribution in [-0.4, -0.2) is 101 Å². The Balaban J connectivity index is 0.000000345. The molecule has 1 aliphatic carbocycles. The molecular weight excluding hydrogens is 627 g/mol. The first-order valence-corrected chi connectivity index (χ1v) is 14.5. The number of carboxylic acids is 2. The van der Waals surface area contributed by atoms with Crippen LogP contribution in [0.5, 0.6) is 0 Å². The Bertz CT molecular complexity index is 1310. The summed E-state index contributed by atoms with van der Waals surface area (Å²) < 4.78 is 76.7. The maximum Gasteiger partial charge on any atom is 0.490 e. The minimum absolute atomic E-state index is 0.175. The maximum atomic E-state index is 13.2. The number of piperidine rings is 1. The van der Waals surface area contributed by atoms with Gasteiger partial charge in [0, 0.05) is 39.1 Å². The summed E-state index contributed by atoms with van der Waals surface area (Å²) in [4.78, 5) is 37.7. The normalized spacial score (nSPS) is 19.7. The monoisotopic (exact) mass is 663 g/mol. The van der Waals surface area contributed by atoms with Gasteiger partial charge in [0.2, 0.25) is 5.91 Å². The number of likely N-dealkylation sites (N-methyl/N-ethyl adjacent to an activating group) is 1. The van der Waals surface area contributed by atoms with E-state index in [0.717, 1.165) is 65.1 Å². The van der Waals surface area contributed by atoms with Crippen LogP contribution in [0.25, 0.3) is 0 Å². The Hall–Kier alpha value is -3.72. The lowest BCUT2D eigenvalue weighted by Gasteiger charge is -2.40. The number of hydrogen-bond donors (Lipinski definition) is 2. The first-order chi connectivity index (χ1) is 21.4. The fourth-order valence-corrected chi connectivity index (χ4v) is 6.07. The molecule has 2 saturated heterocycles. The summed E-state index contributed by atoms with van der Waals surface area (Å²) in [6, 6.07) is 15.8. The van der Waals surface area contributed by atoms with E-state index in [2.05, 4.69) is 46.0 Å². The highest BCUT2D eigenvalue weighted by molar-refractivity contribution is 5.77. The number of carboxylic acid groups (broad SMARTS) is 2. The second-order valence-electron chi connectivity index (χ2n) is 11.7. The van der Waals surface area contributed by atoms with E-state index in [1.54, 1.807) is 12.1 Å². The number of carbonyl (C=O) groups is 3. The summed E-state index contributed by atoms with van der Waals surface area (Å²) in [6.45, 7) is 6.63. The molecule has 46 heavy (non-hydrogen) atoms. The molecular formula is C31H36F7N3O5. The van der Waals surface area contributed by atoms with Crippen LogP contribution in [0.2, 0.25) is 0 Å². The Kier molecular flexibility index (Phi) is 12.2. The van der Waals surface area contributed by atoms with E-state index in [1.165, 1.54) is 16.7 Å². The van der Waals surface area contributed by atoms with E-state index < -0.39 is 24.3 Å². The van der Waals surface area contributed by atoms with Crippen LogP contribution in [0.4, 0.5) is 30.7 Å². The molecule has 3 aliphatic rings. The lowest BCUT2D eigenvalue weighted by atomic mass is 9.73. The molecule has 2 aromatic carbocycles. The number of likely N-dealkylation sites (tertiary alicyclic amines) is 1. The van der Waals surface area contributed by atoms with Gasteiger partial charge in [-0.25, -0.2) is 14.0 Å². The average Bonchev–Trinajstić information content (AvgIpc) is 3.28. The van der Waals surface area contributed by atoms with Crippen molar-refractivity contribution < 1.29 is 55.3 Å². The van der Waals surface area contributed by atoms with Crippen molar-refractivity contribution in [3.05, 3.63) is 71.0 Å². The summed E-state index contributed by atoms with van der Waals surface area (Å²) in [5.74, 6) is -5.03. The largest absolute Gasteiger partial charge is 0.490 e. The average molecular weight is 664 g/mol. The third-order valence-corrected chi connectivity index (χ3v) is 8.50. The number of piperazine rings is 1. The van der Waals surface area contributed by atoms with Gasteiger partial charge in [0.25, 0.3) is 0 Å². The number of amides is 1. The number of aliphatic carboxylic acids is 2. The smallest absolute Gasteiger partial charge is 0.475 e. The molecule has 5 rings (SSSR count). The third-order valence-electron chi connectivity index (χ3n) is 8.50. The highest BCUT2D eigenvalue weighted by Gasteiger charge is 2.46. The van der Waals surface area contributed by atoms with Crippen LogP contribution in [-0.2, 0) is 26.3 Å². The Morgan fingerprint density at radius 3 is 1.80 bits per heavy atom. The molecule has 0 saturated carbocycles. The van der Waals surface area contributed by atoms with Gasteiger partial charge in [-0.2, -0.15) is 26.3 Å². The van der Waals surface area contributed by atoms with Crippen molar-refractivity contribution in [1.82, 2.24) is 14.7 Å². The molecule has 2 aromatic rings. The number of fused-ring (bicyclic) bond motifs is 2. The molecule has 2 fully saturated rings. The fraction of sp³-hybridized carbons (Fsp3) is 0.516.